The lowest BCUT2D eigenvalue weighted by Crippen LogP contribution is -2.25. The molecule has 1 fully saturated rings. The predicted octanol–water partition coefficient (Wildman–Crippen LogP) is 2.20. The van der Waals surface area contributed by atoms with Crippen LogP contribution < -0.4 is 4.90 Å². The molecule has 18 heavy (non-hydrogen) atoms. The number of carboxylic acids is 1. The molecule has 98 valence electrons. The van der Waals surface area contributed by atoms with Gasteiger partial charge in [-0.2, -0.15) is 11.8 Å². The lowest BCUT2D eigenvalue weighted by molar-refractivity contribution is -0.138. The van der Waals surface area contributed by atoms with Gasteiger partial charge in [0, 0.05) is 23.7 Å². The van der Waals surface area contributed by atoms with E-state index in [4.69, 9.17) is 0 Å². The monoisotopic (exact) mass is 284 g/mol. The summed E-state index contributed by atoms with van der Waals surface area (Å²) in [5.74, 6) is 1.27. The molecule has 1 unspecified atom stereocenters. The Kier molecular flexibility index (Phi) is 3.48. The molecule has 1 N–H and O–H groups in total. The zero-order valence-electron chi connectivity index (χ0n) is 10.1. The highest BCUT2D eigenvalue weighted by Gasteiger charge is 2.33. The molecule has 3 rings (SSSR count). The third kappa shape index (κ3) is 2.23. The van der Waals surface area contributed by atoms with Crippen molar-refractivity contribution in [2.24, 2.45) is 0 Å². The maximum absolute atomic E-state index is 11.2. The summed E-state index contributed by atoms with van der Waals surface area (Å²) in [7, 11) is 0. The minimum atomic E-state index is -0.725. The number of aromatic nitrogens is 1. The highest BCUT2D eigenvalue weighted by Crippen LogP contribution is 2.39. The number of aliphatic carboxylic acids is 1. The third-order valence-corrected chi connectivity index (χ3v) is 5.74. The second kappa shape index (κ2) is 5.09. The van der Waals surface area contributed by atoms with Crippen molar-refractivity contribution in [3.8, 4) is 0 Å². The van der Waals surface area contributed by atoms with Gasteiger partial charge in [0.05, 0.1) is 5.69 Å². The van der Waals surface area contributed by atoms with Gasteiger partial charge in [0.2, 0.25) is 0 Å². The summed E-state index contributed by atoms with van der Waals surface area (Å²) in [4.78, 5) is 19.3. The molecule has 6 heteroatoms. The number of carboxylic acid groups (broad SMARTS) is 1. The quantitative estimate of drug-likeness (QED) is 0.902. The molecule has 0 spiro atoms. The maximum Gasteiger partial charge on any atom is 0.312 e. The van der Waals surface area contributed by atoms with Crippen molar-refractivity contribution in [3.05, 3.63) is 10.6 Å². The molecule has 0 amide bonds. The van der Waals surface area contributed by atoms with E-state index < -0.39 is 5.97 Å². The molecule has 2 heterocycles. The van der Waals surface area contributed by atoms with Gasteiger partial charge >= 0.3 is 5.97 Å². The molecule has 0 radical (unpaired) electrons. The third-order valence-electron chi connectivity index (χ3n) is 3.50. The first kappa shape index (κ1) is 12.3. The molecule has 1 aromatic rings. The van der Waals surface area contributed by atoms with Crippen LogP contribution in [0.4, 0.5) is 5.13 Å². The molecular weight excluding hydrogens is 268 g/mol. The fourth-order valence-corrected chi connectivity index (χ4v) is 4.60. The van der Waals surface area contributed by atoms with Gasteiger partial charge in [0.1, 0.15) is 5.92 Å². The first-order chi connectivity index (χ1) is 8.75. The normalized spacial score (nSPS) is 23.8. The minimum absolute atomic E-state index is 0.369. The Balaban J connectivity index is 1.82. The van der Waals surface area contributed by atoms with Crippen LogP contribution in [0.1, 0.15) is 29.3 Å². The Labute approximate surface area is 114 Å². The molecule has 1 aliphatic heterocycles. The van der Waals surface area contributed by atoms with E-state index in [9.17, 15) is 9.90 Å². The van der Waals surface area contributed by atoms with Crippen LogP contribution in [0.25, 0.3) is 0 Å². The highest BCUT2D eigenvalue weighted by molar-refractivity contribution is 7.99. The Bertz CT molecular complexity index is 453. The van der Waals surface area contributed by atoms with Gasteiger partial charge in [0.15, 0.2) is 5.13 Å². The molecular formula is C12H16N2O2S2. The zero-order valence-corrected chi connectivity index (χ0v) is 11.7. The first-order valence-corrected chi connectivity index (χ1v) is 8.28. The average molecular weight is 284 g/mol. The van der Waals surface area contributed by atoms with Crippen LogP contribution in [-0.4, -0.2) is 40.7 Å². The second-order valence-corrected chi connectivity index (χ2v) is 6.97. The van der Waals surface area contributed by atoms with E-state index in [1.165, 1.54) is 17.1 Å². The number of carbonyl (C=O) groups is 1. The largest absolute Gasteiger partial charge is 0.481 e. The number of thiazole rings is 1. The predicted molar refractivity (Wildman–Crippen MR) is 75.0 cm³/mol. The van der Waals surface area contributed by atoms with Crippen LogP contribution in [0.5, 0.6) is 0 Å². The standard InChI is InChI=1S/C12H16N2O2S2/c15-11(16)8-2-3-9-10(8)13-12(18-9)14-4-1-6-17-7-5-14/h8H,1-7H2,(H,15,16). The van der Waals surface area contributed by atoms with Crippen LogP contribution in [0.3, 0.4) is 0 Å². The Hall–Kier alpha value is -0.750. The van der Waals surface area contributed by atoms with Crippen LogP contribution in [0, 0.1) is 0 Å². The van der Waals surface area contributed by atoms with Crippen molar-refractivity contribution >= 4 is 34.2 Å². The fraction of sp³-hybridized carbons (Fsp3) is 0.667. The summed E-state index contributed by atoms with van der Waals surface area (Å²) >= 11 is 3.69. The molecule has 1 aliphatic carbocycles. The van der Waals surface area contributed by atoms with Crippen molar-refractivity contribution in [3.63, 3.8) is 0 Å². The van der Waals surface area contributed by atoms with Crippen LogP contribution >= 0.6 is 23.1 Å². The van der Waals surface area contributed by atoms with E-state index in [1.54, 1.807) is 11.3 Å². The SMILES string of the molecule is O=C(O)C1CCc2sc(N3CCCSCC3)nc21. The smallest absolute Gasteiger partial charge is 0.312 e. The van der Waals surface area contributed by atoms with Gasteiger partial charge in [-0.15, -0.1) is 11.3 Å². The van der Waals surface area contributed by atoms with Crippen molar-refractivity contribution in [2.45, 2.75) is 25.2 Å². The molecule has 1 atom stereocenters. The van der Waals surface area contributed by atoms with E-state index >= 15 is 0 Å². The van der Waals surface area contributed by atoms with E-state index in [2.05, 4.69) is 9.88 Å². The van der Waals surface area contributed by atoms with Gasteiger partial charge in [-0.1, -0.05) is 0 Å². The van der Waals surface area contributed by atoms with Crippen molar-refractivity contribution in [1.29, 1.82) is 0 Å². The first-order valence-electron chi connectivity index (χ1n) is 6.31. The van der Waals surface area contributed by atoms with Crippen LogP contribution in [-0.2, 0) is 11.2 Å². The number of hydrogen-bond donors (Lipinski definition) is 1. The topological polar surface area (TPSA) is 53.4 Å². The molecule has 0 bridgehead atoms. The number of fused-ring (bicyclic) bond motifs is 1. The zero-order chi connectivity index (χ0) is 12.5. The van der Waals surface area contributed by atoms with Crippen molar-refractivity contribution in [2.75, 3.05) is 29.5 Å². The Morgan fingerprint density at radius 3 is 3.11 bits per heavy atom. The van der Waals surface area contributed by atoms with Crippen LogP contribution in [0.2, 0.25) is 0 Å². The van der Waals surface area contributed by atoms with E-state index in [-0.39, 0.29) is 5.92 Å². The van der Waals surface area contributed by atoms with E-state index in [0.29, 0.717) is 0 Å². The molecule has 2 aliphatic rings. The number of hydrogen-bond acceptors (Lipinski definition) is 5. The van der Waals surface area contributed by atoms with Gasteiger partial charge < -0.3 is 10.0 Å². The highest BCUT2D eigenvalue weighted by atomic mass is 32.2. The summed E-state index contributed by atoms with van der Waals surface area (Å²) in [5.41, 5.74) is 0.833. The van der Waals surface area contributed by atoms with Crippen LogP contribution in [0.15, 0.2) is 0 Å². The minimum Gasteiger partial charge on any atom is -0.481 e. The lowest BCUT2D eigenvalue weighted by Gasteiger charge is -2.18. The van der Waals surface area contributed by atoms with Crippen molar-refractivity contribution < 1.29 is 9.90 Å². The number of nitrogens with zero attached hydrogens (tertiary/aromatic N) is 2. The van der Waals surface area contributed by atoms with Gasteiger partial charge in [0.25, 0.3) is 0 Å². The summed E-state index contributed by atoms with van der Waals surface area (Å²) in [6.45, 7) is 2.09. The average Bonchev–Trinajstić information content (AvgIpc) is 2.79. The maximum atomic E-state index is 11.2. The van der Waals surface area contributed by atoms with Gasteiger partial charge in [-0.05, 0) is 25.0 Å². The summed E-state index contributed by atoms with van der Waals surface area (Å²) in [6, 6.07) is 0. The Morgan fingerprint density at radius 1 is 1.39 bits per heavy atom. The fourth-order valence-electron chi connectivity index (χ4n) is 2.53. The molecule has 0 aromatic carbocycles. The number of anilines is 1. The lowest BCUT2D eigenvalue weighted by atomic mass is 10.1. The molecule has 0 saturated carbocycles. The number of thioether (sulfide) groups is 1. The van der Waals surface area contributed by atoms with Gasteiger partial charge in [-0.25, -0.2) is 4.98 Å². The second-order valence-electron chi connectivity index (χ2n) is 4.69. The molecule has 1 saturated heterocycles. The molecule has 4 nitrogen and oxygen atoms in total. The van der Waals surface area contributed by atoms with Gasteiger partial charge in [-0.3, -0.25) is 4.79 Å². The number of aryl methyl sites for hydroxylation is 1. The Morgan fingerprint density at radius 2 is 2.28 bits per heavy atom. The number of rotatable bonds is 2. The molecule has 1 aromatic heterocycles. The summed E-state index contributed by atoms with van der Waals surface area (Å²) < 4.78 is 0. The van der Waals surface area contributed by atoms with E-state index in [1.807, 2.05) is 11.8 Å². The van der Waals surface area contributed by atoms with E-state index in [0.717, 1.165) is 42.5 Å². The van der Waals surface area contributed by atoms with Crippen molar-refractivity contribution in [1.82, 2.24) is 4.98 Å². The summed E-state index contributed by atoms with van der Waals surface area (Å²) in [5, 5.41) is 10.2. The summed E-state index contributed by atoms with van der Waals surface area (Å²) in [6.07, 6.45) is 2.80.